The van der Waals surface area contributed by atoms with Crippen molar-refractivity contribution in [2.75, 3.05) is 7.05 Å². The van der Waals surface area contributed by atoms with Gasteiger partial charge in [-0.2, -0.15) is 0 Å². The summed E-state index contributed by atoms with van der Waals surface area (Å²) >= 11 is 0. The van der Waals surface area contributed by atoms with Gasteiger partial charge in [-0.05, 0) is 25.3 Å². The lowest BCUT2D eigenvalue weighted by atomic mass is 10.0. The van der Waals surface area contributed by atoms with E-state index in [1.54, 1.807) is 0 Å². The number of hydrogen-bond acceptors (Lipinski definition) is 1. The molecule has 0 aromatic rings. The molecular formula is C11H19N. The fourth-order valence-electron chi connectivity index (χ4n) is 1.05. The summed E-state index contributed by atoms with van der Waals surface area (Å²) in [7, 11) is 1.91. The molecule has 0 spiro atoms. The van der Waals surface area contributed by atoms with Crippen LogP contribution < -0.4 is 5.32 Å². The lowest BCUT2D eigenvalue weighted by Gasteiger charge is -2.10. The van der Waals surface area contributed by atoms with E-state index in [0.717, 1.165) is 24.1 Å². The Hall–Kier alpha value is -0.980. The highest BCUT2D eigenvalue weighted by molar-refractivity contribution is 5.29. The van der Waals surface area contributed by atoms with E-state index < -0.39 is 0 Å². The highest BCUT2D eigenvalue weighted by Crippen LogP contribution is 2.15. The number of allylic oxidation sites excluding steroid dienone is 3. The van der Waals surface area contributed by atoms with Crippen molar-refractivity contribution in [2.45, 2.75) is 26.7 Å². The van der Waals surface area contributed by atoms with Crippen molar-refractivity contribution in [3.8, 4) is 0 Å². The van der Waals surface area contributed by atoms with Crippen molar-refractivity contribution >= 4 is 0 Å². The molecule has 12 heavy (non-hydrogen) atoms. The average Bonchev–Trinajstić information content (AvgIpc) is 2.06. The van der Waals surface area contributed by atoms with Gasteiger partial charge in [0.1, 0.15) is 0 Å². The van der Waals surface area contributed by atoms with E-state index in [9.17, 15) is 0 Å². The topological polar surface area (TPSA) is 12.0 Å². The molecule has 0 radical (unpaired) electrons. The van der Waals surface area contributed by atoms with Gasteiger partial charge in [-0.25, -0.2) is 0 Å². The van der Waals surface area contributed by atoms with E-state index in [2.05, 4.69) is 25.4 Å². The van der Waals surface area contributed by atoms with Crippen molar-refractivity contribution in [1.29, 1.82) is 0 Å². The zero-order valence-electron chi connectivity index (χ0n) is 8.41. The van der Waals surface area contributed by atoms with Crippen LogP contribution in [0.2, 0.25) is 0 Å². The minimum Gasteiger partial charge on any atom is -0.388 e. The van der Waals surface area contributed by atoms with Gasteiger partial charge in [0.05, 0.1) is 0 Å². The molecule has 0 aliphatic carbocycles. The van der Waals surface area contributed by atoms with Crippen LogP contribution in [0.3, 0.4) is 0 Å². The van der Waals surface area contributed by atoms with Crippen LogP contribution in [-0.2, 0) is 0 Å². The quantitative estimate of drug-likeness (QED) is 0.488. The third-order valence-electron chi connectivity index (χ3n) is 1.90. The monoisotopic (exact) mass is 165 g/mol. The number of hydrogen-bond donors (Lipinski definition) is 1. The molecule has 0 rings (SSSR count). The molecule has 0 saturated carbocycles. The van der Waals surface area contributed by atoms with Gasteiger partial charge in [-0.1, -0.05) is 31.7 Å². The summed E-state index contributed by atoms with van der Waals surface area (Å²) in [5.74, 6) is 0. The molecule has 1 nitrogen and oxygen atoms in total. The van der Waals surface area contributed by atoms with E-state index in [-0.39, 0.29) is 0 Å². The Bertz CT molecular complexity index is 199. The zero-order valence-corrected chi connectivity index (χ0v) is 8.41. The van der Waals surface area contributed by atoms with Crippen LogP contribution >= 0.6 is 0 Å². The first-order valence-corrected chi connectivity index (χ1v) is 4.34. The Labute approximate surface area is 75.9 Å². The molecule has 0 aliphatic heterocycles. The summed E-state index contributed by atoms with van der Waals surface area (Å²) in [5, 5.41) is 3.10. The fraction of sp³-hybridized carbons (Fsp3) is 0.455. The number of likely N-dealkylation sites (N-methyl/N-ethyl adjacent to an activating group) is 1. The Morgan fingerprint density at radius 2 is 2.00 bits per heavy atom. The fourth-order valence-corrected chi connectivity index (χ4v) is 1.05. The summed E-state index contributed by atoms with van der Waals surface area (Å²) in [4.78, 5) is 0. The minimum absolute atomic E-state index is 0.900. The summed E-state index contributed by atoms with van der Waals surface area (Å²) in [6.07, 6.45) is 3.96. The van der Waals surface area contributed by atoms with Gasteiger partial charge in [0, 0.05) is 12.7 Å². The number of rotatable bonds is 5. The van der Waals surface area contributed by atoms with E-state index in [0.29, 0.717) is 0 Å². The maximum Gasteiger partial charge on any atom is 0.0324 e. The summed E-state index contributed by atoms with van der Waals surface area (Å²) < 4.78 is 0. The normalized spacial score (nSPS) is 11.1. The first kappa shape index (κ1) is 11.0. The van der Waals surface area contributed by atoms with Crippen LogP contribution in [-0.4, -0.2) is 7.05 Å². The second-order valence-electron chi connectivity index (χ2n) is 2.84. The van der Waals surface area contributed by atoms with Crippen molar-refractivity contribution in [2.24, 2.45) is 0 Å². The SMILES string of the molecule is C=C(CC)CC(=C)/C(=C/C)NC. The van der Waals surface area contributed by atoms with Crippen molar-refractivity contribution in [1.82, 2.24) is 5.32 Å². The maximum atomic E-state index is 3.99. The van der Waals surface area contributed by atoms with Crippen LogP contribution in [0.1, 0.15) is 26.7 Å². The van der Waals surface area contributed by atoms with Crippen molar-refractivity contribution < 1.29 is 0 Å². The lowest BCUT2D eigenvalue weighted by molar-refractivity contribution is 0.935. The Balaban J connectivity index is 4.12. The highest BCUT2D eigenvalue weighted by atomic mass is 14.8. The van der Waals surface area contributed by atoms with E-state index in [1.807, 2.05) is 20.0 Å². The Kier molecular flexibility index (Phi) is 5.18. The van der Waals surface area contributed by atoms with Gasteiger partial charge in [-0.3, -0.25) is 0 Å². The van der Waals surface area contributed by atoms with Crippen LogP contribution in [0, 0.1) is 0 Å². The second kappa shape index (κ2) is 5.64. The molecule has 0 saturated heterocycles. The molecule has 0 heterocycles. The number of nitrogens with one attached hydrogen (secondary N) is 1. The third kappa shape index (κ3) is 3.42. The summed E-state index contributed by atoms with van der Waals surface area (Å²) in [6, 6.07) is 0. The Morgan fingerprint density at radius 3 is 2.33 bits per heavy atom. The third-order valence-corrected chi connectivity index (χ3v) is 1.90. The van der Waals surface area contributed by atoms with Gasteiger partial charge >= 0.3 is 0 Å². The smallest absolute Gasteiger partial charge is 0.0324 e. The van der Waals surface area contributed by atoms with Gasteiger partial charge < -0.3 is 5.32 Å². The minimum atomic E-state index is 0.900. The van der Waals surface area contributed by atoms with E-state index in [4.69, 9.17) is 0 Å². The van der Waals surface area contributed by atoms with Gasteiger partial charge in [-0.15, -0.1) is 0 Å². The maximum absolute atomic E-state index is 3.99. The molecule has 0 aromatic carbocycles. The predicted octanol–water partition coefficient (Wildman–Crippen LogP) is 3.02. The molecule has 0 aromatic heterocycles. The molecule has 0 amide bonds. The molecule has 0 bridgehead atoms. The molecule has 68 valence electrons. The molecule has 1 heteroatoms. The van der Waals surface area contributed by atoms with E-state index >= 15 is 0 Å². The van der Waals surface area contributed by atoms with Gasteiger partial charge in [0.25, 0.3) is 0 Å². The summed E-state index contributed by atoms with van der Waals surface area (Å²) in [5.41, 5.74) is 3.46. The van der Waals surface area contributed by atoms with Crippen molar-refractivity contribution in [3.63, 3.8) is 0 Å². The van der Waals surface area contributed by atoms with E-state index in [1.165, 1.54) is 5.57 Å². The van der Waals surface area contributed by atoms with Crippen LogP contribution in [0.25, 0.3) is 0 Å². The van der Waals surface area contributed by atoms with Crippen LogP contribution in [0.4, 0.5) is 0 Å². The van der Waals surface area contributed by atoms with Gasteiger partial charge in [0.15, 0.2) is 0 Å². The molecule has 0 unspecified atom stereocenters. The molecule has 1 N–H and O–H groups in total. The molecule has 0 fully saturated rings. The first-order valence-electron chi connectivity index (χ1n) is 4.34. The second-order valence-corrected chi connectivity index (χ2v) is 2.84. The van der Waals surface area contributed by atoms with Crippen LogP contribution in [0.15, 0.2) is 36.1 Å². The Morgan fingerprint density at radius 1 is 1.42 bits per heavy atom. The summed E-state index contributed by atoms with van der Waals surface area (Å²) in [6.45, 7) is 12.1. The largest absolute Gasteiger partial charge is 0.388 e. The van der Waals surface area contributed by atoms with Crippen molar-refractivity contribution in [3.05, 3.63) is 36.1 Å². The molecule has 0 aliphatic rings. The predicted molar refractivity (Wildman–Crippen MR) is 56.0 cm³/mol. The molecular weight excluding hydrogens is 146 g/mol. The average molecular weight is 165 g/mol. The lowest BCUT2D eigenvalue weighted by Crippen LogP contribution is -2.07. The first-order chi connectivity index (χ1) is 5.65. The van der Waals surface area contributed by atoms with Gasteiger partial charge in [0.2, 0.25) is 0 Å². The zero-order chi connectivity index (χ0) is 9.56. The highest BCUT2D eigenvalue weighted by Gasteiger charge is 2.00. The van der Waals surface area contributed by atoms with Crippen LogP contribution in [0.5, 0.6) is 0 Å². The molecule has 0 atom stereocenters. The standard InChI is InChI=1S/C11H19N/c1-6-9(3)8-10(4)11(7-2)12-5/h7,12H,3-4,6,8H2,1-2,5H3/b11-7-.